The molecular weight excluding hydrogens is 391 g/mol. The monoisotopic (exact) mass is 442 g/mol. The standard InChI is InChI=1S/C29H51BO2/c1-4-21-24-18-20(31)14-16-28(24,2)23-15-17-29(3)22(26(23)27(21)32)12-13-25(29)30-19-10-8-6-5-7-9-11-19/h19-27,30-32H,4-18H2,1-3H3/t20-,21-,22+,23+,24+,25+,26+,27-,28-,29+/m1/s1. The number of aliphatic hydroxyl groups is 2. The molecule has 0 amide bonds. The molecule has 2 N–H and O–H groups in total. The maximum atomic E-state index is 11.9. The van der Waals surface area contributed by atoms with Crippen LogP contribution in [0.1, 0.15) is 117 Å². The Hall–Kier alpha value is -0.0151. The fraction of sp³-hybridized carbons (Fsp3) is 1.00. The fourth-order valence-electron chi connectivity index (χ4n) is 10.6. The van der Waals surface area contributed by atoms with Crippen molar-refractivity contribution in [3.05, 3.63) is 0 Å². The van der Waals surface area contributed by atoms with Gasteiger partial charge in [0.2, 0.25) is 0 Å². The topological polar surface area (TPSA) is 40.5 Å². The Morgan fingerprint density at radius 1 is 0.750 bits per heavy atom. The summed E-state index contributed by atoms with van der Waals surface area (Å²) in [4.78, 5) is 0. The largest absolute Gasteiger partial charge is 0.393 e. The van der Waals surface area contributed by atoms with Gasteiger partial charge in [0, 0.05) is 0 Å². The quantitative estimate of drug-likeness (QED) is 0.475. The molecule has 2 nitrogen and oxygen atoms in total. The zero-order valence-electron chi connectivity index (χ0n) is 21.4. The van der Waals surface area contributed by atoms with Gasteiger partial charge in [-0.1, -0.05) is 90.2 Å². The van der Waals surface area contributed by atoms with E-state index in [0.29, 0.717) is 34.5 Å². The average Bonchev–Trinajstić information content (AvgIpc) is 3.07. The highest BCUT2D eigenvalue weighted by molar-refractivity contribution is 6.40. The van der Waals surface area contributed by atoms with Gasteiger partial charge in [0.1, 0.15) is 7.28 Å². The van der Waals surface area contributed by atoms with E-state index in [1.165, 1.54) is 84.3 Å². The molecule has 0 aromatic carbocycles. The van der Waals surface area contributed by atoms with Gasteiger partial charge in [-0.15, -0.1) is 0 Å². The Bertz CT molecular complexity index is 645. The summed E-state index contributed by atoms with van der Waals surface area (Å²) in [5, 5.41) is 22.4. The van der Waals surface area contributed by atoms with E-state index < -0.39 is 0 Å². The lowest BCUT2D eigenvalue weighted by atomic mass is 9.38. The van der Waals surface area contributed by atoms with E-state index in [-0.39, 0.29) is 12.2 Å². The third-order valence-electron chi connectivity index (χ3n) is 12.4. The van der Waals surface area contributed by atoms with Crippen LogP contribution in [0.15, 0.2) is 0 Å². The molecule has 0 unspecified atom stereocenters. The highest BCUT2D eigenvalue weighted by Crippen LogP contribution is 2.70. The average molecular weight is 443 g/mol. The van der Waals surface area contributed by atoms with Crippen molar-refractivity contribution in [2.24, 2.45) is 40.4 Å². The van der Waals surface area contributed by atoms with Gasteiger partial charge in [-0.05, 0) is 78.9 Å². The number of hydrogen-bond acceptors (Lipinski definition) is 2. The van der Waals surface area contributed by atoms with Gasteiger partial charge >= 0.3 is 0 Å². The summed E-state index contributed by atoms with van der Waals surface area (Å²) in [6.45, 7) is 7.52. The first kappa shape index (κ1) is 23.7. The molecule has 0 heterocycles. The number of hydrogen-bond donors (Lipinski definition) is 2. The molecule has 0 spiro atoms. The highest BCUT2D eigenvalue weighted by Gasteiger charge is 2.64. The van der Waals surface area contributed by atoms with Crippen molar-refractivity contribution in [3.8, 4) is 0 Å². The van der Waals surface area contributed by atoms with Crippen molar-refractivity contribution in [3.63, 3.8) is 0 Å². The summed E-state index contributed by atoms with van der Waals surface area (Å²) in [6.07, 6.45) is 19.7. The minimum atomic E-state index is -0.141. The lowest BCUT2D eigenvalue weighted by Gasteiger charge is -2.64. The van der Waals surface area contributed by atoms with Crippen LogP contribution in [0.25, 0.3) is 0 Å². The molecule has 0 radical (unpaired) electrons. The number of fused-ring (bicyclic) bond motifs is 5. The van der Waals surface area contributed by atoms with E-state index in [2.05, 4.69) is 20.8 Å². The molecule has 10 atom stereocenters. The predicted octanol–water partition coefficient (Wildman–Crippen LogP) is 6.75. The highest BCUT2D eigenvalue weighted by atomic mass is 16.3. The summed E-state index contributed by atoms with van der Waals surface area (Å²) in [5.74, 6) is 4.69. The van der Waals surface area contributed by atoms with Crippen LogP contribution in [0.2, 0.25) is 11.6 Å². The van der Waals surface area contributed by atoms with E-state index in [1.807, 2.05) is 0 Å². The van der Waals surface area contributed by atoms with E-state index >= 15 is 0 Å². The van der Waals surface area contributed by atoms with Crippen LogP contribution in [0, 0.1) is 40.4 Å². The van der Waals surface area contributed by atoms with Gasteiger partial charge < -0.3 is 10.2 Å². The second kappa shape index (κ2) is 9.21. The Kier molecular flexibility index (Phi) is 6.83. The van der Waals surface area contributed by atoms with Gasteiger partial charge in [-0.3, -0.25) is 0 Å². The Morgan fingerprint density at radius 2 is 1.41 bits per heavy atom. The first-order chi connectivity index (χ1) is 15.4. The Balaban J connectivity index is 1.37. The third kappa shape index (κ3) is 3.84. The van der Waals surface area contributed by atoms with Crippen molar-refractivity contribution >= 4 is 7.28 Å². The molecule has 5 saturated carbocycles. The molecular formula is C29H51BO2. The van der Waals surface area contributed by atoms with Crippen LogP contribution in [-0.2, 0) is 0 Å². The Labute approximate surface area is 199 Å². The summed E-state index contributed by atoms with van der Waals surface area (Å²) in [5.41, 5.74) is 0.795. The molecule has 0 bridgehead atoms. The van der Waals surface area contributed by atoms with Crippen LogP contribution >= 0.6 is 0 Å². The van der Waals surface area contributed by atoms with Crippen molar-refractivity contribution in [2.75, 3.05) is 0 Å². The molecule has 5 rings (SSSR count). The van der Waals surface area contributed by atoms with E-state index in [0.717, 1.165) is 36.8 Å². The van der Waals surface area contributed by atoms with Crippen LogP contribution in [0.4, 0.5) is 0 Å². The molecule has 5 aliphatic rings. The SMILES string of the molecule is CC[C@H]1[C@@H](O)[C@@H]2[C@H](CC[C@]3(C)[C@@H](BC4CCCCCCC4)CC[C@@H]23)[C@@]2(C)CC[C@@H](O)C[C@@H]12. The van der Waals surface area contributed by atoms with E-state index in [9.17, 15) is 10.2 Å². The van der Waals surface area contributed by atoms with Gasteiger partial charge in [0.25, 0.3) is 0 Å². The minimum Gasteiger partial charge on any atom is -0.393 e. The molecule has 0 saturated heterocycles. The number of aliphatic hydroxyl groups excluding tert-OH is 2. The first-order valence-corrected chi connectivity index (χ1v) is 14.7. The molecule has 5 aliphatic carbocycles. The molecule has 0 aromatic heterocycles. The lowest BCUT2D eigenvalue weighted by molar-refractivity contribution is -0.198. The van der Waals surface area contributed by atoms with Gasteiger partial charge in [-0.2, -0.15) is 0 Å². The third-order valence-corrected chi connectivity index (χ3v) is 12.4. The van der Waals surface area contributed by atoms with Crippen molar-refractivity contribution in [1.82, 2.24) is 0 Å². The molecule has 0 aromatic rings. The van der Waals surface area contributed by atoms with Gasteiger partial charge in [0.15, 0.2) is 0 Å². The Morgan fingerprint density at radius 3 is 2.12 bits per heavy atom. The van der Waals surface area contributed by atoms with E-state index in [4.69, 9.17) is 0 Å². The normalized spacial score (nSPS) is 52.3. The lowest BCUT2D eigenvalue weighted by Crippen LogP contribution is -2.62. The minimum absolute atomic E-state index is 0.139. The van der Waals surface area contributed by atoms with Gasteiger partial charge in [0.05, 0.1) is 12.2 Å². The molecule has 32 heavy (non-hydrogen) atoms. The smallest absolute Gasteiger partial charge is 0.128 e. The molecule has 3 heteroatoms. The molecule has 5 fully saturated rings. The summed E-state index contributed by atoms with van der Waals surface area (Å²) < 4.78 is 0. The van der Waals surface area contributed by atoms with Crippen LogP contribution in [-0.4, -0.2) is 29.7 Å². The van der Waals surface area contributed by atoms with Crippen LogP contribution < -0.4 is 0 Å². The van der Waals surface area contributed by atoms with Crippen molar-refractivity contribution in [1.29, 1.82) is 0 Å². The van der Waals surface area contributed by atoms with Crippen molar-refractivity contribution < 1.29 is 10.2 Å². The van der Waals surface area contributed by atoms with Crippen LogP contribution in [0.5, 0.6) is 0 Å². The van der Waals surface area contributed by atoms with Crippen molar-refractivity contribution in [2.45, 2.75) is 141 Å². The maximum absolute atomic E-state index is 11.9. The second-order valence-corrected chi connectivity index (χ2v) is 13.7. The maximum Gasteiger partial charge on any atom is 0.128 e. The summed E-state index contributed by atoms with van der Waals surface area (Å²) in [7, 11) is 1.48. The first-order valence-electron chi connectivity index (χ1n) is 14.7. The fourth-order valence-corrected chi connectivity index (χ4v) is 10.6. The zero-order valence-corrected chi connectivity index (χ0v) is 21.4. The summed E-state index contributed by atoms with van der Waals surface area (Å²) in [6, 6.07) is 0. The van der Waals surface area contributed by atoms with Crippen LogP contribution in [0.3, 0.4) is 0 Å². The van der Waals surface area contributed by atoms with E-state index in [1.54, 1.807) is 0 Å². The molecule has 182 valence electrons. The predicted molar refractivity (Wildman–Crippen MR) is 135 cm³/mol. The van der Waals surface area contributed by atoms with Gasteiger partial charge in [-0.25, -0.2) is 0 Å². The molecule has 0 aliphatic heterocycles. The zero-order chi connectivity index (χ0) is 22.5. The second-order valence-electron chi connectivity index (χ2n) is 13.7. The summed E-state index contributed by atoms with van der Waals surface area (Å²) >= 11 is 0. The number of rotatable bonds is 3.